The fourth-order valence-corrected chi connectivity index (χ4v) is 4.43. The Morgan fingerprint density at radius 2 is 1.61 bits per heavy atom. The van der Waals surface area contributed by atoms with Gasteiger partial charge in [0.2, 0.25) is 0 Å². The lowest BCUT2D eigenvalue weighted by molar-refractivity contribution is -0.139. The van der Waals surface area contributed by atoms with Gasteiger partial charge in [-0.25, -0.2) is 4.79 Å². The van der Waals surface area contributed by atoms with E-state index in [1.165, 1.54) is 0 Å². The summed E-state index contributed by atoms with van der Waals surface area (Å²) >= 11 is 0. The highest BCUT2D eigenvalue weighted by Crippen LogP contribution is 2.23. The van der Waals surface area contributed by atoms with Crippen LogP contribution in [0, 0.1) is 0 Å². The molecule has 3 rings (SSSR count). The maximum Gasteiger partial charge on any atom is 0.411 e. The normalized spacial score (nSPS) is 28.6. The highest BCUT2D eigenvalue weighted by molar-refractivity contribution is 5.70. The second-order valence-corrected chi connectivity index (χ2v) is 8.04. The van der Waals surface area contributed by atoms with Crippen LogP contribution < -0.4 is 0 Å². The van der Waals surface area contributed by atoms with E-state index >= 15 is 0 Å². The first-order valence-electron chi connectivity index (χ1n) is 10.6. The summed E-state index contributed by atoms with van der Waals surface area (Å²) in [6, 6.07) is 0.0236. The zero-order valence-corrected chi connectivity index (χ0v) is 17.3. The molecule has 28 heavy (non-hydrogen) atoms. The third-order valence-corrected chi connectivity index (χ3v) is 6.27. The third-order valence-electron chi connectivity index (χ3n) is 6.27. The van der Waals surface area contributed by atoms with E-state index in [2.05, 4.69) is 28.5 Å². The monoisotopic (exact) mass is 397 g/mol. The molecule has 0 radical (unpaired) electrons. The number of hydrogen-bond donors (Lipinski definition) is 1. The van der Waals surface area contributed by atoms with Crippen LogP contribution in [0.4, 0.5) is 4.79 Å². The van der Waals surface area contributed by atoms with E-state index in [4.69, 9.17) is 9.84 Å². The van der Waals surface area contributed by atoms with Gasteiger partial charge in [-0.1, -0.05) is 6.92 Å². The number of ether oxygens (including phenoxy) is 1. The number of piperazine rings is 2. The first-order valence-corrected chi connectivity index (χ1v) is 10.6. The molecule has 9 nitrogen and oxygen atoms in total. The number of carboxylic acids is 1. The Morgan fingerprint density at radius 3 is 2.21 bits per heavy atom. The number of carboxylic acid groups (broad SMARTS) is 1. The van der Waals surface area contributed by atoms with Crippen molar-refractivity contribution in [2.75, 3.05) is 78.5 Å². The van der Waals surface area contributed by atoms with Crippen molar-refractivity contribution in [3.05, 3.63) is 0 Å². The summed E-state index contributed by atoms with van der Waals surface area (Å²) < 4.78 is 5.67. The quantitative estimate of drug-likeness (QED) is 0.608. The Hall–Kier alpha value is -1.42. The maximum atomic E-state index is 12.4. The zero-order valence-electron chi connectivity index (χ0n) is 17.3. The van der Waals surface area contributed by atoms with Gasteiger partial charge in [0.25, 0.3) is 0 Å². The molecule has 3 aliphatic heterocycles. The molecule has 1 amide bonds. The van der Waals surface area contributed by atoms with Crippen molar-refractivity contribution in [2.45, 2.75) is 32.5 Å². The van der Waals surface area contributed by atoms with Gasteiger partial charge in [-0.05, 0) is 26.4 Å². The van der Waals surface area contributed by atoms with Crippen LogP contribution in [0.1, 0.15) is 20.3 Å². The highest BCUT2D eigenvalue weighted by atomic mass is 16.6. The Balaban J connectivity index is 1.40. The van der Waals surface area contributed by atoms with Crippen LogP contribution in [-0.4, -0.2) is 132 Å². The summed E-state index contributed by atoms with van der Waals surface area (Å²) in [5.41, 5.74) is 0. The van der Waals surface area contributed by atoms with Crippen molar-refractivity contribution >= 4 is 12.1 Å². The molecule has 2 atom stereocenters. The van der Waals surface area contributed by atoms with Gasteiger partial charge in [-0.15, -0.1) is 0 Å². The Labute approximate surface area is 167 Å². The molecule has 0 aromatic heterocycles. The number of carbonyl (C=O) groups is 2. The molecule has 0 aromatic rings. The number of nitrogens with zero attached hydrogens (tertiary/aromatic N) is 5. The third kappa shape index (κ3) is 5.34. The maximum absolute atomic E-state index is 12.4. The van der Waals surface area contributed by atoms with Crippen LogP contribution in [0.3, 0.4) is 0 Å². The van der Waals surface area contributed by atoms with Gasteiger partial charge in [-0.2, -0.15) is 0 Å². The smallest absolute Gasteiger partial charge is 0.411 e. The summed E-state index contributed by atoms with van der Waals surface area (Å²) in [5.74, 6) is -0.795. The average Bonchev–Trinajstić information content (AvgIpc) is 2.97. The second kappa shape index (κ2) is 9.87. The van der Waals surface area contributed by atoms with E-state index in [0.29, 0.717) is 13.1 Å². The van der Waals surface area contributed by atoms with Gasteiger partial charge >= 0.3 is 12.1 Å². The van der Waals surface area contributed by atoms with Gasteiger partial charge in [0, 0.05) is 58.9 Å². The fourth-order valence-electron chi connectivity index (χ4n) is 4.43. The van der Waals surface area contributed by atoms with E-state index in [1.54, 1.807) is 0 Å². The summed E-state index contributed by atoms with van der Waals surface area (Å²) in [6.45, 7) is 14.5. The van der Waals surface area contributed by atoms with Crippen molar-refractivity contribution in [1.82, 2.24) is 24.5 Å². The summed E-state index contributed by atoms with van der Waals surface area (Å²) in [5, 5.41) is 8.92. The minimum Gasteiger partial charge on any atom is -0.480 e. The molecule has 3 fully saturated rings. The first-order chi connectivity index (χ1) is 13.5. The number of likely N-dealkylation sites (N-methyl/N-ethyl adjacent to an activating group) is 1. The van der Waals surface area contributed by atoms with Crippen molar-refractivity contribution in [3.63, 3.8) is 0 Å². The molecular weight excluding hydrogens is 362 g/mol. The van der Waals surface area contributed by atoms with Crippen LogP contribution >= 0.6 is 0 Å². The van der Waals surface area contributed by atoms with E-state index in [-0.39, 0.29) is 24.9 Å². The standard InChI is InChI=1S/C19H35N5O4/c1-3-20-7-9-21(10-8-20)5-4-6-24-16(2)18(28-19(24)27)23-13-11-22(12-14-23)15-17(25)26/h16,18H,3-15H2,1-2H3,(H,25,26). The summed E-state index contributed by atoms with van der Waals surface area (Å²) in [6.07, 6.45) is 0.513. The summed E-state index contributed by atoms with van der Waals surface area (Å²) in [4.78, 5) is 34.1. The molecule has 2 unspecified atom stereocenters. The number of carbonyl (C=O) groups excluding carboxylic acids is 1. The molecule has 160 valence electrons. The fraction of sp³-hybridized carbons (Fsp3) is 0.895. The lowest BCUT2D eigenvalue weighted by Crippen LogP contribution is -2.54. The molecule has 3 saturated heterocycles. The van der Waals surface area contributed by atoms with Crippen LogP contribution in [0.2, 0.25) is 0 Å². The van der Waals surface area contributed by atoms with Gasteiger partial charge in [0.1, 0.15) is 0 Å². The Morgan fingerprint density at radius 1 is 1.00 bits per heavy atom. The average molecular weight is 398 g/mol. The zero-order chi connectivity index (χ0) is 20.1. The number of rotatable bonds is 8. The largest absolute Gasteiger partial charge is 0.480 e. The highest BCUT2D eigenvalue weighted by Gasteiger charge is 2.42. The summed E-state index contributed by atoms with van der Waals surface area (Å²) in [7, 11) is 0. The first kappa shape index (κ1) is 21.3. The van der Waals surface area contributed by atoms with Gasteiger partial charge in [0.15, 0.2) is 6.23 Å². The predicted octanol–water partition coefficient (Wildman–Crippen LogP) is -0.117. The van der Waals surface area contributed by atoms with Crippen molar-refractivity contribution in [2.24, 2.45) is 0 Å². The van der Waals surface area contributed by atoms with Gasteiger partial charge in [-0.3, -0.25) is 14.6 Å². The molecule has 9 heteroatoms. The van der Waals surface area contributed by atoms with Crippen molar-refractivity contribution in [1.29, 1.82) is 0 Å². The van der Waals surface area contributed by atoms with E-state index in [9.17, 15) is 9.59 Å². The molecule has 3 aliphatic rings. The Bertz CT molecular complexity index is 532. The van der Waals surface area contributed by atoms with Crippen LogP contribution in [-0.2, 0) is 9.53 Å². The number of hydrogen-bond acceptors (Lipinski definition) is 7. The van der Waals surface area contributed by atoms with Crippen LogP contribution in [0.25, 0.3) is 0 Å². The van der Waals surface area contributed by atoms with E-state index in [1.807, 2.05) is 9.80 Å². The number of aliphatic carboxylic acids is 1. The molecule has 0 spiro atoms. The SMILES string of the molecule is CCN1CCN(CCCN2C(=O)OC(N3CCN(CC(=O)O)CC3)C2C)CC1. The van der Waals surface area contributed by atoms with E-state index in [0.717, 1.165) is 65.3 Å². The topological polar surface area (TPSA) is 79.8 Å². The molecule has 0 aromatic carbocycles. The van der Waals surface area contributed by atoms with Gasteiger partial charge < -0.3 is 24.5 Å². The molecule has 1 N–H and O–H groups in total. The predicted molar refractivity (Wildman–Crippen MR) is 105 cm³/mol. The van der Waals surface area contributed by atoms with Gasteiger partial charge in [0.05, 0.1) is 12.6 Å². The number of cyclic esters (lactones) is 1. The van der Waals surface area contributed by atoms with Crippen LogP contribution in [0.5, 0.6) is 0 Å². The van der Waals surface area contributed by atoms with Crippen molar-refractivity contribution < 1.29 is 19.4 Å². The second-order valence-electron chi connectivity index (χ2n) is 8.04. The van der Waals surface area contributed by atoms with Crippen molar-refractivity contribution in [3.8, 4) is 0 Å². The van der Waals surface area contributed by atoms with E-state index < -0.39 is 5.97 Å². The molecule has 0 aliphatic carbocycles. The molecule has 3 heterocycles. The minimum atomic E-state index is -0.795. The lowest BCUT2D eigenvalue weighted by Gasteiger charge is -2.37. The minimum absolute atomic E-state index is 0.0236. The number of amides is 1. The molecule has 0 bridgehead atoms. The Kier molecular flexibility index (Phi) is 7.50. The lowest BCUT2D eigenvalue weighted by atomic mass is 10.2. The molecular formula is C19H35N5O4. The van der Waals surface area contributed by atoms with Crippen LogP contribution in [0.15, 0.2) is 0 Å². The molecule has 0 saturated carbocycles.